The molecule has 1 amide bonds. The fraction of sp³-hybridized carbons (Fsp3) is 0.333. The van der Waals surface area contributed by atoms with Crippen molar-refractivity contribution in [3.05, 3.63) is 53.9 Å². The number of benzene rings is 2. The Morgan fingerprint density at radius 2 is 1.96 bits per heavy atom. The van der Waals surface area contributed by atoms with Crippen LogP contribution in [0.4, 0.5) is 0 Å². The van der Waals surface area contributed by atoms with Crippen molar-refractivity contribution in [1.82, 2.24) is 14.9 Å². The molecule has 0 radical (unpaired) electrons. The van der Waals surface area contributed by atoms with E-state index < -0.39 is 0 Å². The monoisotopic (exact) mass is 363 g/mol. The Balaban J connectivity index is 1.44. The van der Waals surface area contributed by atoms with Crippen molar-refractivity contribution in [1.29, 1.82) is 0 Å². The molecular formula is C21H21N3O3. The van der Waals surface area contributed by atoms with Gasteiger partial charge in [0, 0.05) is 18.5 Å². The van der Waals surface area contributed by atoms with Gasteiger partial charge in [-0.2, -0.15) is 0 Å². The van der Waals surface area contributed by atoms with Crippen molar-refractivity contribution in [2.75, 3.05) is 19.8 Å². The van der Waals surface area contributed by atoms with Crippen molar-refractivity contribution in [2.45, 2.75) is 25.3 Å². The SMILES string of the molecule is O=C(c1ccc2nc[nH]c2c1)N1CCC[C@@H]1c1ccc2c(c1)OCCCO2. The van der Waals surface area contributed by atoms with Crippen LogP contribution in [0.25, 0.3) is 11.0 Å². The average Bonchev–Trinajstić information content (AvgIpc) is 3.31. The number of hydrogen-bond acceptors (Lipinski definition) is 4. The maximum absolute atomic E-state index is 13.2. The summed E-state index contributed by atoms with van der Waals surface area (Å²) in [7, 11) is 0. The van der Waals surface area contributed by atoms with Crippen molar-refractivity contribution < 1.29 is 14.3 Å². The van der Waals surface area contributed by atoms with Crippen molar-refractivity contribution in [3.8, 4) is 11.5 Å². The molecule has 1 fully saturated rings. The highest BCUT2D eigenvalue weighted by atomic mass is 16.5. The molecule has 0 spiro atoms. The number of aromatic nitrogens is 2. The topological polar surface area (TPSA) is 67.5 Å². The van der Waals surface area contributed by atoms with Gasteiger partial charge in [-0.1, -0.05) is 6.07 Å². The predicted octanol–water partition coefficient (Wildman–Crippen LogP) is 3.70. The van der Waals surface area contributed by atoms with Crippen LogP contribution in [0.15, 0.2) is 42.7 Å². The fourth-order valence-electron chi connectivity index (χ4n) is 3.98. The van der Waals surface area contributed by atoms with Crippen LogP contribution in [0.2, 0.25) is 0 Å². The number of nitrogens with one attached hydrogen (secondary N) is 1. The van der Waals surface area contributed by atoms with Crippen LogP contribution in [0.1, 0.15) is 41.2 Å². The first-order valence-electron chi connectivity index (χ1n) is 9.43. The van der Waals surface area contributed by atoms with Gasteiger partial charge in [0.1, 0.15) is 0 Å². The van der Waals surface area contributed by atoms with Crippen LogP contribution in [0.3, 0.4) is 0 Å². The van der Waals surface area contributed by atoms with E-state index in [2.05, 4.69) is 16.0 Å². The third-order valence-corrected chi connectivity index (χ3v) is 5.34. The molecule has 3 aromatic rings. The summed E-state index contributed by atoms with van der Waals surface area (Å²) in [5, 5.41) is 0. The Labute approximate surface area is 157 Å². The lowest BCUT2D eigenvalue weighted by Crippen LogP contribution is -2.30. The minimum Gasteiger partial charge on any atom is -0.490 e. The van der Waals surface area contributed by atoms with E-state index in [0.29, 0.717) is 18.8 Å². The van der Waals surface area contributed by atoms with Gasteiger partial charge in [0.2, 0.25) is 0 Å². The van der Waals surface area contributed by atoms with Crippen LogP contribution in [0, 0.1) is 0 Å². The summed E-state index contributed by atoms with van der Waals surface area (Å²) in [6.07, 6.45) is 4.48. The quantitative estimate of drug-likeness (QED) is 0.754. The third kappa shape index (κ3) is 2.91. The van der Waals surface area contributed by atoms with Crippen LogP contribution in [-0.2, 0) is 0 Å². The van der Waals surface area contributed by atoms with Crippen molar-refractivity contribution in [3.63, 3.8) is 0 Å². The van der Waals surface area contributed by atoms with E-state index in [0.717, 1.165) is 53.9 Å². The Kier molecular flexibility index (Phi) is 3.96. The molecule has 3 heterocycles. The molecular weight excluding hydrogens is 342 g/mol. The maximum Gasteiger partial charge on any atom is 0.254 e. The second-order valence-corrected chi connectivity index (χ2v) is 7.05. The summed E-state index contributed by atoms with van der Waals surface area (Å²) in [5.74, 6) is 1.63. The fourth-order valence-corrected chi connectivity index (χ4v) is 3.98. The number of amides is 1. The van der Waals surface area contributed by atoms with Crippen LogP contribution >= 0.6 is 0 Å². The summed E-state index contributed by atoms with van der Waals surface area (Å²) in [5.41, 5.74) is 3.54. The van der Waals surface area contributed by atoms with Gasteiger partial charge in [0.15, 0.2) is 11.5 Å². The third-order valence-electron chi connectivity index (χ3n) is 5.34. The molecule has 2 aliphatic heterocycles. The molecule has 1 saturated heterocycles. The Morgan fingerprint density at radius 3 is 2.89 bits per heavy atom. The Hall–Kier alpha value is -3.02. The highest BCUT2D eigenvalue weighted by Crippen LogP contribution is 2.38. The molecule has 27 heavy (non-hydrogen) atoms. The lowest BCUT2D eigenvalue weighted by atomic mass is 10.0. The number of likely N-dealkylation sites (tertiary alicyclic amines) is 1. The number of fused-ring (bicyclic) bond motifs is 2. The largest absolute Gasteiger partial charge is 0.490 e. The average molecular weight is 363 g/mol. The number of nitrogens with zero attached hydrogens (tertiary/aromatic N) is 2. The number of carbonyl (C=O) groups excluding carboxylic acids is 1. The zero-order valence-corrected chi connectivity index (χ0v) is 15.0. The van der Waals surface area contributed by atoms with E-state index in [9.17, 15) is 4.79 Å². The van der Waals surface area contributed by atoms with Crippen LogP contribution in [0.5, 0.6) is 11.5 Å². The molecule has 6 heteroatoms. The van der Waals surface area contributed by atoms with E-state index >= 15 is 0 Å². The summed E-state index contributed by atoms with van der Waals surface area (Å²) >= 11 is 0. The van der Waals surface area contributed by atoms with Crippen molar-refractivity contribution >= 4 is 16.9 Å². The van der Waals surface area contributed by atoms with E-state index in [1.165, 1.54) is 0 Å². The van der Waals surface area contributed by atoms with E-state index in [1.807, 2.05) is 35.2 Å². The second kappa shape index (κ2) is 6.61. The van der Waals surface area contributed by atoms with Gasteiger partial charge in [0.25, 0.3) is 5.91 Å². The highest BCUT2D eigenvalue weighted by molar-refractivity contribution is 5.97. The number of aromatic amines is 1. The van der Waals surface area contributed by atoms with Crippen molar-refractivity contribution in [2.24, 2.45) is 0 Å². The number of carbonyl (C=O) groups is 1. The minimum absolute atomic E-state index is 0.0566. The number of imidazole rings is 1. The molecule has 2 aliphatic rings. The molecule has 0 unspecified atom stereocenters. The smallest absolute Gasteiger partial charge is 0.254 e. The molecule has 0 aliphatic carbocycles. The Morgan fingerprint density at radius 1 is 1.07 bits per heavy atom. The molecule has 5 rings (SSSR count). The zero-order chi connectivity index (χ0) is 18.2. The number of ether oxygens (including phenoxy) is 2. The molecule has 0 saturated carbocycles. The molecule has 138 valence electrons. The van der Waals surface area contributed by atoms with Gasteiger partial charge >= 0.3 is 0 Å². The first-order valence-corrected chi connectivity index (χ1v) is 9.43. The second-order valence-electron chi connectivity index (χ2n) is 7.05. The summed E-state index contributed by atoms with van der Waals surface area (Å²) in [6, 6.07) is 11.7. The molecule has 0 bridgehead atoms. The molecule has 1 atom stereocenters. The lowest BCUT2D eigenvalue weighted by Gasteiger charge is -2.26. The number of rotatable bonds is 2. The molecule has 1 aromatic heterocycles. The van der Waals surface area contributed by atoms with Gasteiger partial charge in [-0.25, -0.2) is 4.98 Å². The first-order chi connectivity index (χ1) is 13.3. The highest BCUT2D eigenvalue weighted by Gasteiger charge is 2.31. The predicted molar refractivity (Wildman–Crippen MR) is 101 cm³/mol. The lowest BCUT2D eigenvalue weighted by molar-refractivity contribution is 0.0735. The maximum atomic E-state index is 13.2. The van der Waals surface area contributed by atoms with Crippen LogP contribution < -0.4 is 9.47 Å². The Bertz CT molecular complexity index is 997. The van der Waals surface area contributed by atoms with Gasteiger partial charge in [0.05, 0.1) is 36.6 Å². The van der Waals surface area contributed by atoms with Crippen LogP contribution in [-0.4, -0.2) is 40.5 Å². The molecule has 6 nitrogen and oxygen atoms in total. The zero-order valence-electron chi connectivity index (χ0n) is 15.0. The van der Waals surface area contributed by atoms with E-state index in [1.54, 1.807) is 6.33 Å². The number of H-pyrrole nitrogens is 1. The van der Waals surface area contributed by atoms with E-state index in [-0.39, 0.29) is 11.9 Å². The normalized spacial score (nSPS) is 19.3. The molecule has 2 aromatic carbocycles. The minimum atomic E-state index is 0.0566. The van der Waals surface area contributed by atoms with Gasteiger partial charge in [-0.15, -0.1) is 0 Å². The van der Waals surface area contributed by atoms with Gasteiger partial charge < -0.3 is 19.4 Å². The van der Waals surface area contributed by atoms with Gasteiger partial charge in [-0.3, -0.25) is 4.79 Å². The summed E-state index contributed by atoms with van der Waals surface area (Å²) in [6.45, 7) is 2.10. The molecule has 1 N–H and O–H groups in total. The summed E-state index contributed by atoms with van der Waals surface area (Å²) < 4.78 is 11.6. The summed E-state index contributed by atoms with van der Waals surface area (Å²) in [4.78, 5) is 22.4. The first kappa shape index (κ1) is 16.2. The number of hydrogen-bond donors (Lipinski definition) is 1. The van der Waals surface area contributed by atoms with E-state index in [4.69, 9.17) is 9.47 Å². The van der Waals surface area contributed by atoms with Gasteiger partial charge in [-0.05, 0) is 48.7 Å². The standard InChI is InChI=1S/C21H21N3O3/c25-21(15-4-6-16-17(11-15)23-13-22-16)24-8-1-3-18(24)14-5-7-19-20(12-14)27-10-2-9-26-19/h4-7,11-13,18H,1-3,8-10H2,(H,22,23)/t18-/m1/s1.